The molecule has 1 N–H and O–H groups in total. The molecular weight excluding hydrogens is 275 g/mol. The molecule has 2 rings (SSSR count). The highest BCUT2D eigenvalue weighted by atomic mass is 19.1. The highest BCUT2D eigenvalue weighted by molar-refractivity contribution is 5.83. The summed E-state index contributed by atoms with van der Waals surface area (Å²) in [6, 6.07) is 6.64. The van der Waals surface area contributed by atoms with Crippen molar-refractivity contribution in [1.29, 1.82) is 0 Å². The summed E-state index contributed by atoms with van der Waals surface area (Å²) in [5.41, 5.74) is 0.575. The molecule has 1 aliphatic heterocycles. The number of nitrogens with zero attached hydrogens (tertiary/aromatic N) is 1. The van der Waals surface area contributed by atoms with E-state index in [1.54, 1.807) is 18.2 Å². The number of piperidine rings is 1. The highest BCUT2D eigenvalue weighted by Gasteiger charge is 2.26. The van der Waals surface area contributed by atoms with Crippen LogP contribution in [0.3, 0.4) is 0 Å². The SMILES string of the molecule is COC(=O)CNC(=O)C1CCN(c2ccccc2F)CC1. The van der Waals surface area contributed by atoms with Gasteiger partial charge in [0.05, 0.1) is 12.8 Å². The molecule has 0 aromatic heterocycles. The third-order valence-corrected chi connectivity index (χ3v) is 3.69. The minimum absolute atomic E-state index is 0.108. The summed E-state index contributed by atoms with van der Waals surface area (Å²) in [6.07, 6.45) is 1.28. The van der Waals surface area contributed by atoms with E-state index in [9.17, 15) is 14.0 Å². The molecule has 0 atom stereocenters. The Morgan fingerprint density at radius 3 is 2.62 bits per heavy atom. The van der Waals surface area contributed by atoms with Gasteiger partial charge in [-0.15, -0.1) is 0 Å². The molecule has 1 aliphatic rings. The number of hydrogen-bond donors (Lipinski definition) is 1. The monoisotopic (exact) mass is 294 g/mol. The lowest BCUT2D eigenvalue weighted by Crippen LogP contribution is -2.42. The first-order valence-electron chi connectivity index (χ1n) is 6.96. The van der Waals surface area contributed by atoms with Crippen molar-refractivity contribution in [2.45, 2.75) is 12.8 Å². The smallest absolute Gasteiger partial charge is 0.325 e. The first-order chi connectivity index (χ1) is 10.1. The average Bonchev–Trinajstić information content (AvgIpc) is 2.53. The maximum absolute atomic E-state index is 13.7. The second kappa shape index (κ2) is 7.06. The van der Waals surface area contributed by atoms with Gasteiger partial charge in [-0.25, -0.2) is 4.39 Å². The first kappa shape index (κ1) is 15.3. The number of benzene rings is 1. The quantitative estimate of drug-likeness (QED) is 0.851. The molecule has 6 heteroatoms. The van der Waals surface area contributed by atoms with Gasteiger partial charge in [0, 0.05) is 19.0 Å². The predicted octanol–water partition coefficient (Wildman–Crippen LogP) is 1.33. The maximum atomic E-state index is 13.7. The number of halogens is 1. The van der Waals surface area contributed by atoms with Crippen LogP contribution in [0.1, 0.15) is 12.8 Å². The summed E-state index contributed by atoms with van der Waals surface area (Å²) in [5.74, 6) is -0.996. The molecular formula is C15H19FN2O3. The van der Waals surface area contributed by atoms with Crippen molar-refractivity contribution in [1.82, 2.24) is 5.32 Å². The minimum Gasteiger partial charge on any atom is -0.468 e. The van der Waals surface area contributed by atoms with Crippen LogP contribution in [0.4, 0.5) is 10.1 Å². The molecule has 0 radical (unpaired) electrons. The second-order valence-corrected chi connectivity index (χ2v) is 5.01. The third-order valence-electron chi connectivity index (χ3n) is 3.69. The number of methoxy groups -OCH3 is 1. The van der Waals surface area contributed by atoms with Gasteiger partial charge in [0.1, 0.15) is 12.4 Å². The van der Waals surface area contributed by atoms with Crippen LogP contribution in [0.15, 0.2) is 24.3 Å². The summed E-state index contributed by atoms with van der Waals surface area (Å²) in [4.78, 5) is 24.8. The molecule has 1 heterocycles. The van der Waals surface area contributed by atoms with Crippen LogP contribution in [-0.4, -0.2) is 38.6 Å². The Bertz CT molecular complexity index is 513. The van der Waals surface area contributed by atoms with E-state index >= 15 is 0 Å². The van der Waals surface area contributed by atoms with E-state index in [-0.39, 0.29) is 24.2 Å². The molecule has 0 aliphatic carbocycles. The Kier molecular flexibility index (Phi) is 5.14. The number of rotatable bonds is 4. The molecule has 0 saturated carbocycles. The van der Waals surface area contributed by atoms with Crippen molar-refractivity contribution in [3.8, 4) is 0 Å². The summed E-state index contributed by atoms with van der Waals surface area (Å²) in [6.45, 7) is 1.14. The number of carbonyl (C=O) groups is 2. The van der Waals surface area contributed by atoms with E-state index in [4.69, 9.17) is 0 Å². The zero-order valence-corrected chi connectivity index (χ0v) is 12.0. The van der Waals surface area contributed by atoms with Crippen LogP contribution >= 0.6 is 0 Å². The van der Waals surface area contributed by atoms with Gasteiger partial charge < -0.3 is 15.0 Å². The fourth-order valence-corrected chi connectivity index (χ4v) is 2.47. The van der Waals surface area contributed by atoms with Gasteiger partial charge in [0.25, 0.3) is 0 Å². The standard InChI is InChI=1S/C15H19FN2O3/c1-21-14(19)10-17-15(20)11-6-8-18(9-7-11)13-5-3-2-4-12(13)16/h2-5,11H,6-10H2,1H3,(H,17,20). The molecule has 0 spiro atoms. The van der Waals surface area contributed by atoms with E-state index in [1.807, 2.05) is 4.90 Å². The van der Waals surface area contributed by atoms with E-state index in [1.165, 1.54) is 13.2 Å². The first-order valence-corrected chi connectivity index (χ1v) is 6.96. The van der Waals surface area contributed by atoms with Crippen molar-refractivity contribution in [3.05, 3.63) is 30.1 Å². The summed E-state index contributed by atoms with van der Waals surface area (Å²) >= 11 is 0. The zero-order valence-electron chi connectivity index (χ0n) is 12.0. The van der Waals surface area contributed by atoms with E-state index in [0.717, 1.165) is 0 Å². The van der Waals surface area contributed by atoms with Crippen LogP contribution in [0.5, 0.6) is 0 Å². The molecule has 1 amide bonds. The predicted molar refractivity (Wildman–Crippen MR) is 76.4 cm³/mol. The number of para-hydroxylation sites is 1. The summed E-state index contributed by atoms with van der Waals surface area (Å²) in [7, 11) is 1.28. The van der Waals surface area contributed by atoms with Crippen molar-refractivity contribution in [3.63, 3.8) is 0 Å². The number of hydrogen-bond acceptors (Lipinski definition) is 4. The molecule has 0 bridgehead atoms. The van der Waals surface area contributed by atoms with Gasteiger partial charge in [-0.1, -0.05) is 12.1 Å². The fourth-order valence-electron chi connectivity index (χ4n) is 2.47. The lowest BCUT2D eigenvalue weighted by Gasteiger charge is -2.33. The Hall–Kier alpha value is -2.11. The van der Waals surface area contributed by atoms with Gasteiger partial charge in [0.15, 0.2) is 0 Å². The van der Waals surface area contributed by atoms with Crippen LogP contribution in [-0.2, 0) is 14.3 Å². The van der Waals surface area contributed by atoms with Gasteiger partial charge in [-0.2, -0.15) is 0 Å². The second-order valence-electron chi connectivity index (χ2n) is 5.01. The van der Waals surface area contributed by atoms with Crippen molar-refractivity contribution in [2.24, 2.45) is 5.92 Å². The van der Waals surface area contributed by atoms with Gasteiger partial charge >= 0.3 is 5.97 Å². The van der Waals surface area contributed by atoms with Crippen molar-refractivity contribution >= 4 is 17.6 Å². The van der Waals surface area contributed by atoms with E-state index in [0.29, 0.717) is 31.6 Å². The number of carbonyl (C=O) groups excluding carboxylic acids is 2. The number of anilines is 1. The Morgan fingerprint density at radius 1 is 1.33 bits per heavy atom. The Balaban J connectivity index is 1.84. The largest absolute Gasteiger partial charge is 0.468 e. The number of ether oxygens (including phenoxy) is 1. The van der Waals surface area contributed by atoms with Gasteiger partial charge in [-0.3, -0.25) is 9.59 Å². The molecule has 114 valence electrons. The van der Waals surface area contributed by atoms with E-state index < -0.39 is 5.97 Å². The van der Waals surface area contributed by atoms with Crippen LogP contribution in [0.25, 0.3) is 0 Å². The Labute approximate surface area is 123 Å². The molecule has 0 unspecified atom stereocenters. The lowest BCUT2D eigenvalue weighted by molar-refractivity contribution is -0.141. The average molecular weight is 294 g/mol. The highest BCUT2D eigenvalue weighted by Crippen LogP contribution is 2.25. The molecule has 1 aromatic carbocycles. The fraction of sp³-hybridized carbons (Fsp3) is 0.467. The lowest BCUT2D eigenvalue weighted by atomic mass is 9.95. The molecule has 1 aromatic rings. The van der Waals surface area contributed by atoms with Crippen LogP contribution < -0.4 is 10.2 Å². The van der Waals surface area contributed by atoms with Gasteiger partial charge in [0.2, 0.25) is 5.91 Å². The van der Waals surface area contributed by atoms with Crippen LogP contribution in [0, 0.1) is 11.7 Å². The number of nitrogens with one attached hydrogen (secondary N) is 1. The van der Waals surface area contributed by atoms with Crippen molar-refractivity contribution < 1.29 is 18.7 Å². The molecule has 1 fully saturated rings. The van der Waals surface area contributed by atoms with Gasteiger partial charge in [-0.05, 0) is 25.0 Å². The third kappa shape index (κ3) is 3.93. The summed E-state index contributed by atoms with van der Waals surface area (Å²) in [5, 5.41) is 2.56. The molecule has 21 heavy (non-hydrogen) atoms. The maximum Gasteiger partial charge on any atom is 0.325 e. The zero-order chi connectivity index (χ0) is 15.2. The molecule has 5 nitrogen and oxygen atoms in total. The van der Waals surface area contributed by atoms with Crippen LogP contribution in [0.2, 0.25) is 0 Å². The summed E-state index contributed by atoms with van der Waals surface area (Å²) < 4.78 is 18.2. The van der Waals surface area contributed by atoms with E-state index in [2.05, 4.69) is 10.1 Å². The normalized spacial score (nSPS) is 15.6. The number of amides is 1. The van der Waals surface area contributed by atoms with Crippen molar-refractivity contribution in [2.75, 3.05) is 31.6 Å². The number of esters is 1. The topological polar surface area (TPSA) is 58.6 Å². The minimum atomic E-state index is -0.466. The molecule has 1 saturated heterocycles. The Morgan fingerprint density at radius 2 is 2.00 bits per heavy atom.